The van der Waals surface area contributed by atoms with Crippen molar-refractivity contribution in [1.82, 2.24) is 0 Å². The van der Waals surface area contributed by atoms with Crippen LogP contribution in [0, 0.1) is 22.7 Å². The van der Waals surface area contributed by atoms with Gasteiger partial charge in [-0.2, -0.15) is 0 Å². The summed E-state index contributed by atoms with van der Waals surface area (Å²) < 4.78 is 61.7. The second-order valence-corrected chi connectivity index (χ2v) is 19.0. The third kappa shape index (κ3) is 8.43. The van der Waals surface area contributed by atoms with Gasteiger partial charge in [0.05, 0.1) is 9.49 Å². The summed E-state index contributed by atoms with van der Waals surface area (Å²) in [5.74, 6) is -8.20. The third-order valence-electron chi connectivity index (χ3n) is 9.25. The number of thioether (sulfide) groups is 1. The van der Waals surface area contributed by atoms with E-state index in [2.05, 4.69) is 45.0 Å². The molecule has 0 aromatic heterocycles. The first kappa shape index (κ1) is 40.3. The van der Waals surface area contributed by atoms with Gasteiger partial charge in [0, 0.05) is 43.7 Å². The Balaban J connectivity index is 2.16. The maximum Gasteiger partial charge on any atom is 0.266 e. The lowest BCUT2D eigenvalue weighted by molar-refractivity contribution is 0.0288. The highest BCUT2D eigenvalue weighted by Gasteiger charge is 2.56. The lowest BCUT2D eigenvalue weighted by atomic mass is 9.72. The molecular weight excluding hydrogens is 819 g/mol. The molecule has 0 N–H and O–H groups in total. The van der Waals surface area contributed by atoms with Crippen molar-refractivity contribution in [1.29, 1.82) is 0 Å². The molecule has 0 saturated heterocycles. The van der Waals surface area contributed by atoms with Crippen LogP contribution in [0.1, 0.15) is 65.5 Å². The van der Waals surface area contributed by atoms with Crippen LogP contribution in [-0.2, 0) is 9.49 Å². The molecule has 0 fully saturated rings. The van der Waals surface area contributed by atoms with E-state index in [1.165, 1.54) is 11.8 Å². The van der Waals surface area contributed by atoms with Crippen LogP contribution in [0.2, 0.25) is 10.0 Å². The fourth-order valence-corrected chi connectivity index (χ4v) is 11.7. The van der Waals surface area contributed by atoms with Gasteiger partial charge in [-0.05, 0) is 69.5 Å². The Labute approximate surface area is 320 Å². The summed E-state index contributed by atoms with van der Waals surface area (Å²) in [7, 11) is 0. The van der Waals surface area contributed by atoms with Gasteiger partial charge in [-0.1, -0.05) is 158 Å². The van der Waals surface area contributed by atoms with Gasteiger partial charge < -0.3 is 0 Å². The molecule has 0 nitrogen and oxygen atoms in total. The number of benzene rings is 2. The first-order valence-electron chi connectivity index (χ1n) is 16.0. The van der Waals surface area contributed by atoms with Gasteiger partial charge in [0.2, 0.25) is 0 Å². The second kappa shape index (κ2) is 14.5. The molecule has 0 spiro atoms. The van der Waals surface area contributed by atoms with Gasteiger partial charge in [-0.25, -0.2) is 17.6 Å². The van der Waals surface area contributed by atoms with Gasteiger partial charge in [0.15, 0.2) is 0 Å². The van der Waals surface area contributed by atoms with Crippen LogP contribution in [0.5, 0.6) is 0 Å². The van der Waals surface area contributed by atoms with Crippen LogP contribution in [0.3, 0.4) is 0 Å². The van der Waals surface area contributed by atoms with Crippen LogP contribution in [-0.4, -0.2) is 11.8 Å². The molecule has 4 atom stereocenters. The monoisotopic (exact) mass is 858 g/mol. The topological polar surface area (TPSA) is 0 Å². The summed E-state index contributed by atoms with van der Waals surface area (Å²) in [6, 6.07) is 14.3. The molecule has 2 aliphatic rings. The van der Waals surface area contributed by atoms with Gasteiger partial charge in [0.25, 0.3) is 11.8 Å². The van der Waals surface area contributed by atoms with E-state index in [0.29, 0.717) is 42.3 Å². The summed E-state index contributed by atoms with van der Waals surface area (Å²) in [4.78, 5) is 0. The van der Waals surface area contributed by atoms with E-state index >= 15 is 17.6 Å². The van der Waals surface area contributed by atoms with Crippen molar-refractivity contribution < 1.29 is 17.6 Å². The summed E-state index contributed by atoms with van der Waals surface area (Å²) in [5, 5.41) is 0.964. The quantitative estimate of drug-likeness (QED) is 0.169. The van der Waals surface area contributed by atoms with Crippen LogP contribution >= 0.6 is 66.8 Å². The van der Waals surface area contributed by atoms with Crippen molar-refractivity contribution in [3.8, 4) is 0 Å². The molecule has 0 heterocycles. The Morgan fingerprint density at radius 2 is 0.959 bits per heavy atom. The third-order valence-corrected chi connectivity index (χ3v) is 13.7. The minimum atomic E-state index is -3.25. The normalized spacial score (nSPS) is 25.2. The van der Waals surface area contributed by atoms with Crippen molar-refractivity contribution in [2.45, 2.75) is 75.7 Å². The molecule has 0 aliphatic heterocycles. The highest BCUT2D eigenvalue weighted by molar-refractivity contribution is 9.12. The smallest absolute Gasteiger partial charge is 0.202 e. The van der Waals surface area contributed by atoms with E-state index < -0.39 is 56.8 Å². The maximum absolute atomic E-state index is 15.7. The molecule has 0 amide bonds. The van der Waals surface area contributed by atoms with Crippen LogP contribution in [0.15, 0.2) is 118 Å². The summed E-state index contributed by atoms with van der Waals surface area (Å²) >= 11 is 21.8. The van der Waals surface area contributed by atoms with E-state index in [9.17, 15) is 0 Å². The van der Waals surface area contributed by atoms with Gasteiger partial charge in [-0.15, -0.1) is 11.8 Å². The molecular formula is C40H42Br2Cl2F4S. The zero-order valence-corrected chi connectivity index (χ0v) is 34.0. The van der Waals surface area contributed by atoms with E-state index in [4.69, 9.17) is 23.2 Å². The Bertz CT molecular complexity index is 1570. The van der Waals surface area contributed by atoms with Crippen LogP contribution in [0.25, 0.3) is 0 Å². The first-order chi connectivity index (χ1) is 22.5. The summed E-state index contributed by atoms with van der Waals surface area (Å²) in [6.07, 6.45) is 8.09. The minimum Gasteiger partial charge on any atom is -0.202 e. The van der Waals surface area contributed by atoms with Crippen molar-refractivity contribution >= 4 is 66.8 Å². The molecule has 0 bridgehead atoms. The van der Waals surface area contributed by atoms with E-state index in [1.54, 1.807) is 24.3 Å². The number of hydrogen-bond donors (Lipinski definition) is 0. The zero-order valence-electron chi connectivity index (χ0n) is 28.5. The minimum absolute atomic E-state index is 0.394. The molecule has 2 aliphatic carbocycles. The van der Waals surface area contributed by atoms with Gasteiger partial charge >= 0.3 is 0 Å². The highest BCUT2D eigenvalue weighted by atomic mass is 79.9. The number of halogens is 8. The van der Waals surface area contributed by atoms with Crippen LogP contribution in [0.4, 0.5) is 17.6 Å². The fourth-order valence-electron chi connectivity index (χ4n) is 6.59. The Morgan fingerprint density at radius 3 is 1.22 bits per heavy atom. The van der Waals surface area contributed by atoms with Crippen molar-refractivity contribution in [2.24, 2.45) is 22.7 Å². The lowest BCUT2D eigenvalue weighted by Crippen LogP contribution is -2.45. The zero-order chi connectivity index (χ0) is 36.8. The Morgan fingerprint density at radius 1 is 0.653 bits per heavy atom. The van der Waals surface area contributed by atoms with Crippen LogP contribution < -0.4 is 0 Å². The molecule has 4 unspecified atom stereocenters. The second-order valence-electron chi connectivity index (χ2n) is 14.8. The predicted molar refractivity (Wildman–Crippen MR) is 209 cm³/mol. The standard InChI is InChI=1S/C40H42Br2Cl2F4S/c1-9-37(45,46)23-31-33(41)29(35(3,4)5)19-21-39(31,25-11-15-27(43)16-12-25)49-40(26-13-17-28(44)18-14-26)22-20-30(36(6,7)8)34(42)32(40)24-38(47,48)10-2/h9-22,31-32H,1-2,23-24H2,3-8H3. The first-order valence-corrected chi connectivity index (χ1v) is 19.1. The van der Waals surface area contributed by atoms with E-state index in [-0.39, 0.29) is 0 Å². The predicted octanol–water partition coefficient (Wildman–Crippen LogP) is 15.0. The van der Waals surface area contributed by atoms with E-state index in [1.807, 2.05) is 90.1 Å². The molecule has 264 valence electrons. The van der Waals surface area contributed by atoms with Gasteiger partial charge in [-0.3, -0.25) is 0 Å². The molecule has 9 heteroatoms. The lowest BCUT2D eigenvalue weighted by Gasteiger charge is -2.52. The molecule has 4 rings (SSSR count). The highest BCUT2D eigenvalue weighted by Crippen LogP contribution is 2.67. The molecule has 0 radical (unpaired) electrons. The largest absolute Gasteiger partial charge is 0.266 e. The number of rotatable bonds is 10. The van der Waals surface area contributed by atoms with Gasteiger partial charge in [0.1, 0.15) is 0 Å². The average Bonchev–Trinajstić information content (AvgIpc) is 3.00. The number of alkyl halides is 4. The average molecular weight is 862 g/mol. The number of hydrogen-bond acceptors (Lipinski definition) is 1. The van der Waals surface area contributed by atoms with Crippen molar-refractivity contribution in [3.63, 3.8) is 0 Å². The maximum atomic E-state index is 15.7. The van der Waals surface area contributed by atoms with E-state index in [0.717, 1.165) is 11.1 Å². The number of allylic oxidation sites excluding steroid dienone is 8. The molecule has 0 saturated carbocycles. The molecule has 2 aromatic rings. The molecule has 49 heavy (non-hydrogen) atoms. The molecule has 2 aromatic carbocycles. The van der Waals surface area contributed by atoms with Crippen molar-refractivity contribution in [3.05, 3.63) is 139 Å². The summed E-state index contributed by atoms with van der Waals surface area (Å²) in [5.41, 5.74) is 2.35. The SMILES string of the molecule is C=CC(F)(F)CC1C(Br)=C(C(C)(C)C)C=CC1(SC1(c2ccc(Cl)cc2)C=CC(C(C)(C)C)=C(Br)C1CC(F)(F)C=C)c1ccc(Cl)cc1. The summed E-state index contributed by atoms with van der Waals surface area (Å²) in [6.45, 7) is 19.1. The Hall–Kier alpha value is -1.51. The Kier molecular flexibility index (Phi) is 11.9. The van der Waals surface area contributed by atoms with Crippen molar-refractivity contribution in [2.75, 3.05) is 0 Å². The fraction of sp³-hybridized carbons (Fsp3) is 0.400.